The van der Waals surface area contributed by atoms with Crippen molar-refractivity contribution in [1.29, 1.82) is 0 Å². The highest BCUT2D eigenvalue weighted by Gasteiger charge is 2.08. The van der Waals surface area contributed by atoms with Gasteiger partial charge in [-0.3, -0.25) is 0 Å². The molecular weight excluding hydrogens is 316 g/mol. The molecule has 0 atom stereocenters. The van der Waals surface area contributed by atoms with Crippen LogP contribution < -0.4 is 20.1 Å². The van der Waals surface area contributed by atoms with Crippen LogP contribution in [0.3, 0.4) is 0 Å². The molecule has 0 radical (unpaired) electrons. The average molecular weight is 336 g/mol. The van der Waals surface area contributed by atoms with Gasteiger partial charge in [-0.1, -0.05) is 0 Å². The molecule has 0 spiro atoms. The molecule has 1 aromatic heterocycles. The van der Waals surface area contributed by atoms with Crippen molar-refractivity contribution < 1.29 is 18.7 Å². The minimum Gasteiger partial charge on any atom is -0.497 e. The molecule has 0 saturated carbocycles. The molecule has 23 heavy (non-hydrogen) atoms. The van der Waals surface area contributed by atoms with Crippen LogP contribution in [0.5, 0.6) is 11.5 Å². The van der Waals surface area contributed by atoms with E-state index in [4.69, 9.17) is 13.9 Å². The number of methoxy groups -OCH3 is 2. The van der Waals surface area contributed by atoms with Gasteiger partial charge in [-0.2, -0.15) is 11.8 Å². The number of hydrogen-bond donors (Lipinski definition) is 2. The molecule has 0 aliphatic heterocycles. The summed E-state index contributed by atoms with van der Waals surface area (Å²) in [6.45, 7) is 0.559. The minimum absolute atomic E-state index is 0.282. The van der Waals surface area contributed by atoms with Crippen LogP contribution >= 0.6 is 11.8 Å². The number of amides is 2. The smallest absolute Gasteiger partial charge is 0.319 e. The molecule has 2 aromatic rings. The first-order valence-electron chi connectivity index (χ1n) is 7.10. The lowest BCUT2D eigenvalue weighted by Crippen LogP contribution is -2.30. The lowest BCUT2D eigenvalue weighted by molar-refractivity contribution is 0.252. The highest BCUT2D eigenvalue weighted by molar-refractivity contribution is 7.98. The van der Waals surface area contributed by atoms with E-state index in [2.05, 4.69) is 10.6 Å². The van der Waals surface area contributed by atoms with E-state index in [9.17, 15) is 4.79 Å². The number of hydrogen-bond acceptors (Lipinski definition) is 5. The zero-order valence-electron chi connectivity index (χ0n) is 13.1. The second-order valence-corrected chi connectivity index (χ2v) is 5.68. The Hall–Kier alpha value is -2.28. The summed E-state index contributed by atoms with van der Waals surface area (Å²) < 4.78 is 15.6. The van der Waals surface area contributed by atoms with Gasteiger partial charge >= 0.3 is 6.03 Å². The van der Waals surface area contributed by atoms with Gasteiger partial charge in [0.05, 0.1) is 31.9 Å². The van der Waals surface area contributed by atoms with Crippen LogP contribution in [0.15, 0.2) is 41.0 Å². The molecule has 124 valence electrons. The van der Waals surface area contributed by atoms with Gasteiger partial charge in [0.1, 0.15) is 17.3 Å². The van der Waals surface area contributed by atoms with Gasteiger partial charge in [0.15, 0.2) is 0 Å². The number of ether oxygens (including phenoxy) is 2. The largest absolute Gasteiger partial charge is 0.497 e. The number of urea groups is 1. The maximum Gasteiger partial charge on any atom is 0.319 e. The first kappa shape index (κ1) is 17.1. The molecule has 0 bridgehead atoms. The molecule has 1 heterocycles. The summed E-state index contributed by atoms with van der Waals surface area (Å²) in [5.74, 6) is 3.74. The van der Waals surface area contributed by atoms with E-state index in [1.54, 1.807) is 50.4 Å². The molecule has 2 rings (SSSR count). The molecule has 1 aromatic carbocycles. The molecule has 0 fully saturated rings. The van der Waals surface area contributed by atoms with Crippen LogP contribution in [0.25, 0.3) is 0 Å². The van der Waals surface area contributed by atoms with Gasteiger partial charge in [0.25, 0.3) is 0 Å². The van der Waals surface area contributed by atoms with Gasteiger partial charge in [0.2, 0.25) is 0 Å². The lowest BCUT2D eigenvalue weighted by Gasteiger charge is -2.12. The van der Waals surface area contributed by atoms with Gasteiger partial charge in [-0.05, 0) is 24.3 Å². The summed E-state index contributed by atoms with van der Waals surface area (Å²) in [5, 5.41) is 5.56. The van der Waals surface area contributed by atoms with Crippen molar-refractivity contribution in [3.8, 4) is 11.5 Å². The maximum atomic E-state index is 11.9. The Kier molecular flexibility index (Phi) is 6.68. The number of furan rings is 1. The van der Waals surface area contributed by atoms with E-state index in [1.807, 2.05) is 12.1 Å². The van der Waals surface area contributed by atoms with Crippen LogP contribution in [0.2, 0.25) is 0 Å². The number of benzene rings is 1. The van der Waals surface area contributed by atoms with Crippen molar-refractivity contribution >= 4 is 23.5 Å². The molecule has 0 aliphatic rings. The normalized spacial score (nSPS) is 10.2. The third-order valence-electron chi connectivity index (χ3n) is 3.01. The predicted molar refractivity (Wildman–Crippen MR) is 91.4 cm³/mol. The lowest BCUT2D eigenvalue weighted by atomic mass is 10.2. The highest BCUT2D eigenvalue weighted by Crippen LogP contribution is 2.28. The average Bonchev–Trinajstić information content (AvgIpc) is 3.07. The Labute approximate surface area is 139 Å². The van der Waals surface area contributed by atoms with Crippen molar-refractivity contribution in [2.75, 3.05) is 31.8 Å². The van der Waals surface area contributed by atoms with E-state index in [1.165, 1.54) is 0 Å². The van der Waals surface area contributed by atoms with Gasteiger partial charge in [0, 0.05) is 18.4 Å². The van der Waals surface area contributed by atoms with Crippen LogP contribution in [-0.4, -0.2) is 32.5 Å². The Morgan fingerprint density at radius 2 is 2.13 bits per heavy atom. The molecule has 2 N–H and O–H groups in total. The Bertz CT molecular complexity index is 617. The first-order chi connectivity index (χ1) is 11.2. The van der Waals surface area contributed by atoms with Crippen LogP contribution in [0.4, 0.5) is 10.5 Å². The monoisotopic (exact) mass is 336 g/mol. The number of carbonyl (C=O) groups is 1. The number of carbonyl (C=O) groups excluding carboxylic acids is 1. The summed E-state index contributed by atoms with van der Waals surface area (Å²) in [7, 11) is 3.12. The minimum atomic E-state index is -0.282. The van der Waals surface area contributed by atoms with Crippen LogP contribution in [0, 0.1) is 0 Å². The number of thioether (sulfide) groups is 1. The molecule has 0 unspecified atom stereocenters. The summed E-state index contributed by atoms with van der Waals surface area (Å²) in [6, 6.07) is 8.74. The van der Waals surface area contributed by atoms with Gasteiger partial charge in [-0.25, -0.2) is 4.79 Å². The third-order valence-corrected chi connectivity index (χ3v) is 3.99. The van der Waals surface area contributed by atoms with E-state index in [0.717, 1.165) is 17.3 Å². The molecule has 7 heteroatoms. The fourth-order valence-electron chi connectivity index (χ4n) is 1.88. The van der Waals surface area contributed by atoms with Crippen molar-refractivity contribution in [2.24, 2.45) is 0 Å². The van der Waals surface area contributed by atoms with Crippen molar-refractivity contribution in [3.63, 3.8) is 0 Å². The molecular formula is C16H20N2O4S. The second-order valence-electron chi connectivity index (χ2n) is 4.58. The Morgan fingerprint density at radius 1 is 1.26 bits per heavy atom. The summed E-state index contributed by atoms with van der Waals surface area (Å²) in [6.07, 6.45) is 1.66. The fraction of sp³-hybridized carbons (Fsp3) is 0.312. The zero-order valence-corrected chi connectivity index (χ0v) is 13.9. The van der Waals surface area contributed by atoms with E-state index in [0.29, 0.717) is 23.7 Å². The quantitative estimate of drug-likeness (QED) is 0.723. The number of rotatable bonds is 8. The Morgan fingerprint density at radius 3 is 2.83 bits per heavy atom. The van der Waals surface area contributed by atoms with Gasteiger partial charge in [-0.15, -0.1) is 0 Å². The predicted octanol–water partition coefficient (Wildman–Crippen LogP) is 3.35. The van der Waals surface area contributed by atoms with E-state index >= 15 is 0 Å². The SMILES string of the molecule is COc1ccc(OC)c(NC(=O)NCCSCc2ccco2)c1. The first-order valence-corrected chi connectivity index (χ1v) is 8.25. The van der Waals surface area contributed by atoms with Crippen LogP contribution in [-0.2, 0) is 5.75 Å². The van der Waals surface area contributed by atoms with E-state index in [-0.39, 0.29) is 6.03 Å². The second kappa shape index (κ2) is 8.99. The Balaban J connectivity index is 1.73. The maximum absolute atomic E-state index is 11.9. The summed E-state index contributed by atoms with van der Waals surface area (Å²) in [5.41, 5.74) is 0.563. The summed E-state index contributed by atoms with van der Waals surface area (Å²) in [4.78, 5) is 11.9. The molecule has 0 aliphatic carbocycles. The third kappa shape index (κ3) is 5.45. The topological polar surface area (TPSA) is 72.7 Å². The van der Waals surface area contributed by atoms with E-state index < -0.39 is 0 Å². The van der Waals surface area contributed by atoms with Crippen molar-refractivity contribution in [2.45, 2.75) is 5.75 Å². The fourth-order valence-corrected chi connectivity index (χ4v) is 2.64. The van der Waals surface area contributed by atoms with Crippen LogP contribution in [0.1, 0.15) is 5.76 Å². The van der Waals surface area contributed by atoms with Crippen molar-refractivity contribution in [1.82, 2.24) is 5.32 Å². The molecule has 2 amide bonds. The summed E-state index contributed by atoms with van der Waals surface area (Å²) >= 11 is 1.69. The molecule has 0 saturated heterocycles. The molecule has 6 nitrogen and oxygen atoms in total. The standard InChI is InChI=1S/C16H20N2O4S/c1-20-12-5-6-15(21-2)14(10-12)18-16(19)17-7-9-23-11-13-4-3-8-22-13/h3-6,8,10H,7,9,11H2,1-2H3,(H2,17,18,19). The number of nitrogens with one attached hydrogen (secondary N) is 2. The zero-order chi connectivity index (χ0) is 16.5. The number of anilines is 1. The van der Waals surface area contributed by atoms with Crippen molar-refractivity contribution in [3.05, 3.63) is 42.4 Å². The highest BCUT2D eigenvalue weighted by atomic mass is 32.2. The van der Waals surface area contributed by atoms with Gasteiger partial charge < -0.3 is 24.5 Å².